The van der Waals surface area contributed by atoms with E-state index in [0.29, 0.717) is 5.56 Å². The average Bonchev–Trinajstić information content (AvgIpc) is 2.15. The van der Waals surface area contributed by atoms with Gasteiger partial charge in [-0.05, 0) is 0 Å². The molecule has 0 aromatic heterocycles. The maximum Gasteiger partial charge on any atom is 0.207 e. The van der Waals surface area contributed by atoms with Crippen LogP contribution in [0.3, 0.4) is 0 Å². The molecule has 0 aliphatic rings. The summed E-state index contributed by atoms with van der Waals surface area (Å²) in [5.41, 5.74) is 0.610. The number of hydrogen-bond donors (Lipinski definition) is 0. The molecule has 1 aromatic carbocycles. The van der Waals surface area contributed by atoms with Crippen molar-refractivity contribution in [3.05, 3.63) is 35.9 Å². The number of hydrogen-bond acceptors (Lipinski definition) is 3. The van der Waals surface area contributed by atoms with Crippen molar-refractivity contribution in [1.82, 2.24) is 0 Å². The van der Waals surface area contributed by atoms with Gasteiger partial charge < -0.3 is 4.84 Å². The summed E-state index contributed by atoms with van der Waals surface area (Å²) in [6, 6.07) is 8.90. The molecule has 0 radical (unpaired) electrons. The third-order valence-corrected chi connectivity index (χ3v) is 1.33. The van der Waals surface area contributed by atoms with E-state index in [2.05, 4.69) is 9.99 Å². The number of carbonyl (C=O) groups is 1. The highest BCUT2D eigenvalue weighted by Gasteiger charge is 1.99. The Labute approximate surface area is 70.7 Å². The molecule has 0 aliphatic heterocycles. The first-order valence-corrected chi connectivity index (χ1v) is 3.50. The Kier molecular flexibility index (Phi) is 3.02. The Bertz CT molecular complexity index is 280. The van der Waals surface area contributed by atoms with Crippen LogP contribution in [0.5, 0.6) is 0 Å². The van der Waals surface area contributed by atoms with Crippen molar-refractivity contribution in [3.8, 4) is 0 Å². The molecular formula is C9H9NO2. The molecule has 0 unspecified atom stereocenters. The molecule has 0 bridgehead atoms. The predicted molar refractivity (Wildman–Crippen MR) is 46.3 cm³/mol. The van der Waals surface area contributed by atoms with Gasteiger partial charge in [0.15, 0.2) is 0 Å². The highest BCUT2D eigenvalue weighted by atomic mass is 16.6. The minimum atomic E-state index is -0.155. The predicted octanol–water partition coefficient (Wildman–Crippen LogP) is 1.50. The van der Waals surface area contributed by atoms with Gasteiger partial charge in [-0.3, -0.25) is 4.79 Å². The van der Waals surface area contributed by atoms with Crippen molar-refractivity contribution in [2.24, 2.45) is 5.16 Å². The molecule has 62 valence electrons. The Hall–Kier alpha value is -1.64. The van der Waals surface area contributed by atoms with Crippen LogP contribution in [0.25, 0.3) is 0 Å². The number of oxime groups is 1. The number of rotatable bonds is 3. The van der Waals surface area contributed by atoms with Gasteiger partial charge in [0, 0.05) is 5.56 Å². The lowest BCUT2D eigenvalue weighted by molar-refractivity contribution is 0.106. The van der Waals surface area contributed by atoms with E-state index in [1.54, 1.807) is 24.3 Å². The van der Waals surface area contributed by atoms with Crippen LogP contribution in [0.1, 0.15) is 10.4 Å². The fourth-order valence-corrected chi connectivity index (χ4v) is 0.778. The summed E-state index contributed by atoms with van der Waals surface area (Å²) in [5.74, 6) is -0.155. The fourth-order valence-electron chi connectivity index (χ4n) is 0.778. The highest BCUT2D eigenvalue weighted by molar-refractivity contribution is 6.35. The fraction of sp³-hybridized carbons (Fsp3) is 0.111. The summed E-state index contributed by atoms with van der Waals surface area (Å²) in [6.45, 7) is 0. The molecule has 1 aromatic rings. The maximum absolute atomic E-state index is 11.2. The normalized spacial score (nSPS) is 10.1. The summed E-state index contributed by atoms with van der Waals surface area (Å²) in [6.07, 6.45) is 1.15. The van der Waals surface area contributed by atoms with Crippen molar-refractivity contribution in [3.63, 3.8) is 0 Å². The molecule has 12 heavy (non-hydrogen) atoms. The number of benzene rings is 1. The van der Waals surface area contributed by atoms with Crippen LogP contribution in [-0.4, -0.2) is 19.1 Å². The SMILES string of the molecule is CON=CC(=O)c1ccccc1. The van der Waals surface area contributed by atoms with Gasteiger partial charge in [-0.2, -0.15) is 0 Å². The average molecular weight is 163 g/mol. The standard InChI is InChI=1S/C9H9NO2/c1-12-10-7-9(11)8-5-3-2-4-6-8/h2-7H,1H3. The Balaban J connectivity index is 2.72. The summed E-state index contributed by atoms with van der Waals surface area (Å²) in [5, 5.41) is 3.37. The third kappa shape index (κ3) is 2.20. The van der Waals surface area contributed by atoms with Crippen molar-refractivity contribution in [2.45, 2.75) is 0 Å². The van der Waals surface area contributed by atoms with Gasteiger partial charge in [0.05, 0.1) is 0 Å². The quantitative estimate of drug-likeness (QED) is 0.385. The van der Waals surface area contributed by atoms with Crippen molar-refractivity contribution >= 4 is 12.0 Å². The molecule has 0 heterocycles. The van der Waals surface area contributed by atoms with E-state index in [9.17, 15) is 4.79 Å². The number of ketones is 1. The lowest BCUT2D eigenvalue weighted by atomic mass is 10.1. The topological polar surface area (TPSA) is 38.7 Å². The zero-order valence-corrected chi connectivity index (χ0v) is 6.73. The monoisotopic (exact) mass is 163 g/mol. The van der Waals surface area contributed by atoms with Crippen LogP contribution in [0.2, 0.25) is 0 Å². The molecule has 0 saturated carbocycles. The van der Waals surface area contributed by atoms with Gasteiger partial charge in [-0.15, -0.1) is 0 Å². The maximum atomic E-state index is 11.2. The van der Waals surface area contributed by atoms with Crippen LogP contribution in [0, 0.1) is 0 Å². The zero-order chi connectivity index (χ0) is 8.81. The van der Waals surface area contributed by atoms with E-state index in [1.165, 1.54) is 7.11 Å². The molecule has 1 rings (SSSR count). The Morgan fingerprint density at radius 2 is 2.08 bits per heavy atom. The zero-order valence-electron chi connectivity index (χ0n) is 6.73. The van der Waals surface area contributed by atoms with E-state index in [-0.39, 0.29) is 5.78 Å². The second-order valence-electron chi connectivity index (χ2n) is 2.15. The van der Waals surface area contributed by atoms with Crippen LogP contribution in [-0.2, 0) is 4.84 Å². The summed E-state index contributed by atoms with van der Waals surface area (Å²) < 4.78 is 0. The van der Waals surface area contributed by atoms with Crippen LogP contribution < -0.4 is 0 Å². The van der Waals surface area contributed by atoms with Crippen LogP contribution >= 0.6 is 0 Å². The van der Waals surface area contributed by atoms with Gasteiger partial charge in [0.1, 0.15) is 13.3 Å². The van der Waals surface area contributed by atoms with Gasteiger partial charge >= 0.3 is 0 Å². The first-order valence-electron chi connectivity index (χ1n) is 3.50. The summed E-state index contributed by atoms with van der Waals surface area (Å²) >= 11 is 0. The molecule has 0 saturated heterocycles. The van der Waals surface area contributed by atoms with Crippen LogP contribution in [0.15, 0.2) is 35.5 Å². The van der Waals surface area contributed by atoms with E-state index in [0.717, 1.165) is 6.21 Å². The number of carbonyl (C=O) groups excluding carboxylic acids is 1. The molecule has 0 aliphatic carbocycles. The van der Waals surface area contributed by atoms with Crippen molar-refractivity contribution < 1.29 is 9.63 Å². The molecule has 3 nitrogen and oxygen atoms in total. The minimum Gasteiger partial charge on any atom is -0.399 e. The number of nitrogens with zero attached hydrogens (tertiary/aromatic N) is 1. The minimum absolute atomic E-state index is 0.155. The molecule has 0 spiro atoms. The van der Waals surface area contributed by atoms with E-state index in [4.69, 9.17) is 0 Å². The van der Waals surface area contributed by atoms with Gasteiger partial charge in [0.2, 0.25) is 5.78 Å². The summed E-state index contributed by atoms with van der Waals surface area (Å²) in [7, 11) is 1.40. The largest absolute Gasteiger partial charge is 0.399 e. The third-order valence-electron chi connectivity index (χ3n) is 1.33. The van der Waals surface area contributed by atoms with E-state index < -0.39 is 0 Å². The first-order chi connectivity index (χ1) is 5.84. The second-order valence-corrected chi connectivity index (χ2v) is 2.15. The molecule has 0 N–H and O–H groups in total. The van der Waals surface area contributed by atoms with Crippen molar-refractivity contribution in [2.75, 3.05) is 7.11 Å². The Morgan fingerprint density at radius 3 is 2.67 bits per heavy atom. The van der Waals surface area contributed by atoms with Gasteiger partial charge in [-0.25, -0.2) is 0 Å². The molecular weight excluding hydrogens is 154 g/mol. The molecule has 3 heteroatoms. The highest BCUT2D eigenvalue weighted by Crippen LogP contribution is 1.97. The molecule has 0 fully saturated rings. The molecule has 0 atom stereocenters. The van der Waals surface area contributed by atoms with Crippen molar-refractivity contribution in [1.29, 1.82) is 0 Å². The number of Topliss-reactive ketones (excluding diaryl/α,β-unsaturated/α-hetero) is 1. The molecule has 0 amide bonds. The van der Waals surface area contributed by atoms with Gasteiger partial charge in [0.25, 0.3) is 0 Å². The van der Waals surface area contributed by atoms with Gasteiger partial charge in [-0.1, -0.05) is 35.5 Å². The Morgan fingerprint density at radius 1 is 1.42 bits per heavy atom. The van der Waals surface area contributed by atoms with Crippen LogP contribution in [0.4, 0.5) is 0 Å². The van der Waals surface area contributed by atoms with E-state index >= 15 is 0 Å². The second kappa shape index (κ2) is 4.28. The first kappa shape index (κ1) is 8.46. The lowest BCUT2D eigenvalue weighted by Crippen LogP contribution is -1.99. The van der Waals surface area contributed by atoms with E-state index in [1.807, 2.05) is 6.07 Å². The summed E-state index contributed by atoms with van der Waals surface area (Å²) in [4.78, 5) is 15.6. The lowest BCUT2D eigenvalue weighted by Gasteiger charge is -1.91. The smallest absolute Gasteiger partial charge is 0.207 e.